The third-order valence-corrected chi connectivity index (χ3v) is 3.94. The van der Waals surface area contributed by atoms with Gasteiger partial charge in [0.1, 0.15) is 11.4 Å². The molecule has 0 radical (unpaired) electrons. The minimum atomic E-state index is -0.156. The first-order valence-electron chi connectivity index (χ1n) is 7.60. The third kappa shape index (κ3) is 2.44. The highest BCUT2D eigenvalue weighted by Crippen LogP contribution is 2.28. The molecule has 0 spiro atoms. The Morgan fingerprint density at radius 2 is 1.58 bits per heavy atom. The van der Waals surface area contributed by atoms with Crippen LogP contribution in [0.4, 0.5) is 0 Å². The van der Waals surface area contributed by atoms with Gasteiger partial charge in [0, 0.05) is 29.0 Å². The van der Waals surface area contributed by atoms with Crippen molar-refractivity contribution in [3.05, 3.63) is 89.3 Å². The summed E-state index contributed by atoms with van der Waals surface area (Å²) in [5.74, 6) is 0.179. The molecule has 0 saturated carbocycles. The van der Waals surface area contributed by atoms with Crippen molar-refractivity contribution in [3.63, 3.8) is 0 Å². The summed E-state index contributed by atoms with van der Waals surface area (Å²) in [6.45, 7) is 0. The topological polar surface area (TPSA) is 54.6 Å². The van der Waals surface area contributed by atoms with Crippen molar-refractivity contribution in [2.24, 2.45) is 0 Å². The van der Waals surface area contributed by atoms with Crippen LogP contribution < -0.4 is 5.56 Å². The number of pyridine rings is 1. The van der Waals surface area contributed by atoms with Crippen LogP contribution >= 0.6 is 0 Å². The fourth-order valence-corrected chi connectivity index (χ4v) is 2.74. The molecule has 24 heavy (non-hydrogen) atoms. The van der Waals surface area contributed by atoms with Crippen molar-refractivity contribution in [1.29, 1.82) is 0 Å². The van der Waals surface area contributed by atoms with Crippen LogP contribution in [0.5, 0.6) is 5.75 Å². The van der Waals surface area contributed by atoms with Crippen molar-refractivity contribution in [2.45, 2.75) is 0 Å². The third-order valence-electron chi connectivity index (χ3n) is 3.94. The number of aromatic hydroxyl groups is 1. The van der Waals surface area contributed by atoms with Crippen LogP contribution in [0.3, 0.4) is 0 Å². The molecule has 0 amide bonds. The highest BCUT2D eigenvalue weighted by Gasteiger charge is 2.08. The minimum absolute atomic E-state index is 0.156. The first-order valence-corrected chi connectivity index (χ1v) is 7.60. The summed E-state index contributed by atoms with van der Waals surface area (Å²) in [6.07, 6.45) is 1.70. The van der Waals surface area contributed by atoms with Crippen molar-refractivity contribution in [3.8, 4) is 28.1 Å². The van der Waals surface area contributed by atoms with Crippen LogP contribution in [0.1, 0.15) is 0 Å². The normalized spacial score (nSPS) is 10.8. The Morgan fingerprint density at radius 3 is 2.38 bits per heavy atom. The minimum Gasteiger partial charge on any atom is -0.507 e. The number of phenolic OH excluding ortho intramolecular Hbond substituents is 1. The number of fused-ring (bicyclic) bond motifs is 1. The second kappa shape index (κ2) is 5.66. The second-order valence-electron chi connectivity index (χ2n) is 5.51. The molecule has 0 aliphatic carbocycles. The first kappa shape index (κ1) is 14.2. The zero-order valence-electron chi connectivity index (χ0n) is 12.8. The summed E-state index contributed by atoms with van der Waals surface area (Å²) >= 11 is 0. The fourth-order valence-electron chi connectivity index (χ4n) is 2.74. The van der Waals surface area contributed by atoms with E-state index in [9.17, 15) is 9.90 Å². The van der Waals surface area contributed by atoms with Gasteiger partial charge in [0.25, 0.3) is 5.56 Å². The largest absolute Gasteiger partial charge is 0.507 e. The number of hydrogen-bond donors (Lipinski definition) is 1. The Bertz CT molecular complexity index is 1090. The molecule has 2 aromatic carbocycles. The van der Waals surface area contributed by atoms with Gasteiger partial charge in [-0.2, -0.15) is 0 Å². The molecule has 0 saturated heterocycles. The average Bonchev–Trinajstić information content (AvgIpc) is 2.63. The SMILES string of the molecule is O=c1cc(-c2ccccc2)nc2ccc(-c3ccccc3O)cn12. The number of aromatic nitrogens is 2. The van der Waals surface area contributed by atoms with Gasteiger partial charge in [-0.3, -0.25) is 9.20 Å². The Hall–Kier alpha value is -3.40. The summed E-state index contributed by atoms with van der Waals surface area (Å²) < 4.78 is 1.49. The van der Waals surface area contributed by atoms with Crippen LogP contribution in [0.2, 0.25) is 0 Å². The maximum absolute atomic E-state index is 12.5. The molecule has 0 fully saturated rings. The summed E-state index contributed by atoms with van der Waals surface area (Å²) in [6, 6.07) is 21.8. The summed E-state index contributed by atoms with van der Waals surface area (Å²) in [5, 5.41) is 10.00. The van der Waals surface area contributed by atoms with Gasteiger partial charge >= 0.3 is 0 Å². The van der Waals surface area contributed by atoms with Crippen LogP contribution in [0, 0.1) is 0 Å². The highest BCUT2D eigenvalue weighted by molar-refractivity contribution is 5.71. The molecule has 4 rings (SSSR count). The van der Waals surface area contributed by atoms with E-state index >= 15 is 0 Å². The van der Waals surface area contributed by atoms with E-state index in [0.717, 1.165) is 11.1 Å². The lowest BCUT2D eigenvalue weighted by Gasteiger charge is -2.08. The molecule has 0 aliphatic heterocycles. The molecule has 0 atom stereocenters. The summed E-state index contributed by atoms with van der Waals surface area (Å²) in [7, 11) is 0. The molecule has 1 N–H and O–H groups in total. The van der Waals surface area contributed by atoms with Gasteiger partial charge in [-0.1, -0.05) is 48.5 Å². The van der Waals surface area contributed by atoms with Gasteiger partial charge in [0.2, 0.25) is 0 Å². The number of benzene rings is 2. The molecule has 2 aromatic heterocycles. The fraction of sp³-hybridized carbons (Fsp3) is 0. The van der Waals surface area contributed by atoms with Crippen LogP contribution in [-0.4, -0.2) is 14.5 Å². The molecule has 4 aromatic rings. The van der Waals surface area contributed by atoms with Gasteiger partial charge in [-0.05, 0) is 18.2 Å². The quantitative estimate of drug-likeness (QED) is 0.613. The van der Waals surface area contributed by atoms with Crippen LogP contribution in [0.25, 0.3) is 28.0 Å². The number of hydrogen-bond acceptors (Lipinski definition) is 3. The Kier molecular flexibility index (Phi) is 3.35. The van der Waals surface area contributed by atoms with E-state index in [-0.39, 0.29) is 11.3 Å². The van der Waals surface area contributed by atoms with Crippen LogP contribution in [-0.2, 0) is 0 Å². The molecule has 116 valence electrons. The lowest BCUT2D eigenvalue weighted by Crippen LogP contribution is -2.14. The Balaban J connectivity index is 1.89. The predicted octanol–water partition coefficient (Wildman–Crippen LogP) is 3.73. The van der Waals surface area contributed by atoms with E-state index in [4.69, 9.17) is 0 Å². The average molecular weight is 314 g/mol. The monoisotopic (exact) mass is 314 g/mol. The van der Waals surface area contributed by atoms with Gasteiger partial charge in [-0.25, -0.2) is 4.98 Å². The Labute approximate surface area is 138 Å². The molecular weight excluding hydrogens is 300 g/mol. The number of phenols is 1. The second-order valence-corrected chi connectivity index (χ2v) is 5.51. The lowest BCUT2D eigenvalue weighted by atomic mass is 10.1. The maximum atomic E-state index is 12.5. The number of para-hydroxylation sites is 1. The van der Waals surface area contributed by atoms with Crippen molar-refractivity contribution in [1.82, 2.24) is 9.38 Å². The molecular formula is C20H14N2O2. The van der Waals surface area contributed by atoms with E-state index in [1.165, 1.54) is 10.5 Å². The van der Waals surface area contributed by atoms with Crippen molar-refractivity contribution in [2.75, 3.05) is 0 Å². The van der Waals surface area contributed by atoms with E-state index in [1.54, 1.807) is 24.4 Å². The zero-order valence-corrected chi connectivity index (χ0v) is 12.8. The van der Waals surface area contributed by atoms with Gasteiger partial charge < -0.3 is 5.11 Å². The van der Waals surface area contributed by atoms with Gasteiger partial charge in [-0.15, -0.1) is 0 Å². The van der Waals surface area contributed by atoms with E-state index in [0.29, 0.717) is 16.9 Å². The van der Waals surface area contributed by atoms with Gasteiger partial charge in [0.05, 0.1) is 5.69 Å². The smallest absolute Gasteiger partial charge is 0.258 e. The van der Waals surface area contributed by atoms with Crippen molar-refractivity contribution >= 4 is 5.65 Å². The molecule has 4 nitrogen and oxygen atoms in total. The number of nitrogens with zero attached hydrogens (tertiary/aromatic N) is 2. The van der Waals surface area contributed by atoms with E-state index < -0.39 is 0 Å². The molecule has 0 aliphatic rings. The van der Waals surface area contributed by atoms with Crippen molar-refractivity contribution < 1.29 is 5.11 Å². The maximum Gasteiger partial charge on any atom is 0.258 e. The highest BCUT2D eigenvalue weighted by atomic mass is 16.3. The standard InChI is InChI=1S/C20H14N2O2/c23-18-9-5-4-8-16(18)15-10-11-19-21-17(12-20(24)22(19)13-15)14-6-2-1-3-7-14/h1-13,23H. The molecule has 2 heterocycles. The van der Waals surface area contributed by atoms with E-state index in [1.807, 2.05) is 48.5 Å². The molecule has 0 unspecified atom stereocenters. The van der Waals surface area contributed by atoms with Gasteiger partial charge in [0.15, 0.2) is 0 Å². The van der Waals surface area contributed by atoms with E-state index in [2.05, 4.69) is 4.98 Å². The first-order chi connectivity index (χ1) is 11.7. The Morgan fingerprint density at radius 1 is 0.833 bits per heavy atom. The lowest BCUT2D eigenvalue weighted by molar-refractivity contribution is 0.477. The summed E-state index contributed by atoms with van der Waals surface area (Å²) in [4.78, 5) is 17.1. The number of rotatable bonds is 2. The predicted molar refractivity (Wildman–Crippen MR) is 94.0 cm³/mol. The van der Waals surface area contributed by atoms with Crippen LogP contribution in [0.15, 0.2) is 83.8 Å². The molecule has 0 bridgehead atoms. The zero-order chi connectivity index (χ0) is 16.5. The molecule has 4 heteroatoms. The summed E-state index contributed by atoms with van der Waals surface area (Å²) in [5.41, 5.74) is 3.41.